The first-order chi connectivity index (χ1) is 7.74. The Morgan fingerprint density at radius 3 is 2.62 bits per heavy atom. The molecule has 16 heavy (non-hydrogen) atoms. The number of phenolic OH excluding ortho intramolecular Hbond substituents is 1. The number of nitrogens with one attached hydrogen (secondary N) is 2. The van der Waals surface area contributed by atoms with Crippen LogP contribution in [0.2, 0.25) is 0 Å². The third kappa shape index (κ3) is 3.46. The van der Waals surface area contributed by atoms with E-state index in [4.69, 9.17) is 5.11 Å². The standard InChI is InChI=1S/C12H16N2O2/c15-11-5-1-9(2-6-11)7-8-13-12(16)14-10-3-4-10/h1-2,5-6,10,15H,3-4,7-8H2,(H2,13,14,16). The van der Waals surface area contributed by atoms with E-state index in [-0.39, 0.29) is 11.8 Å². The van der Waals surface area contributed by atoms with Crippen LogP contribution in [0.4, 0.5) is 4.79 Å². The molecule has 0 unspecified atom stereocenters. The van der Waals surface area contributed by atoms with Gasteiger partial charge in [-0.15, -0.1) is 0 Å². The second kappa shape index (κ2) is 4.88. The minimum absolute atomic E-state index is 0.0821. The van der Waals surface area contributed by atoms with E-state index >= 15 is 0 Å². The number of hydrogen-bond donors (Lipinski definition) is 3. The van der Waals surface area contributed by atoms with Crippen molar-refractivity contribution in [1.82, 2.24) is 10.6 Å². The van der Waals surface area contributed by atoms with Gasteiger partial charge >= 0.3 is 6.03 Å². The zero-order chi connectivity index (χ0) is 11.4. The predicted octanol–water partition coefficient (Wildman–Crippen LogP) is 1.40. The van der Waals surface area contributed by atoms with Gasteiger partial charge < -0.3 is 15.7 Å². The predicted molar refractivity (Wildman–Crippen MR) is 61.4 cm³/mol. The molecule has 1 saturated carbocycles. The number of carbonyl (C=O) groups is 1. The van der Waals surface area contributed by atoms with Crippen LogP contribution in [0.5, 0.6) is 5.75 Å². The average Bonchev–Trinajstić information content (AvgIpc) is 3.05. The Labute approximate surface area is 94.7 Å². The normalized spacial score (nSPS) is 14.5. The van der Waals surface area contributed by atoms with E-state index in [1.54, 1.807) is 12.1 Å². The molecule has 0 aliphatic heterocycles. The molecule has 0 radical (unpaired) electrons. The summed E-state index contributed by atoms with van der Waals surface area (Å²) < 4.78 is 0. The molecular weight excluding hydrogens is 204 g/mol. The molecule has 1 aromatic rings. The molecule has 4 heteroatoms. The van der Waals surface area contributed by atoms with Gasteiger partial charge in [0.2, 0.25) is 0 Å². The lowest BCUT2D eigenvalue weighted by atomic mass is 10.1. The van der Waals surface area contributed by atoms with Crippen molar-refractivity contribution in [3.05, 3.63) is 29.8 Å². The van der Waals surface area contributed by atoms with Crippen molar-refractivity contribution >= 4 is 6.03 Å². The fraction of sp³-hybridized carbons (Fsp3) is 0.417. The monoisotopic (exact) mass is 220 g/mol. The number of rotatable bonds is 4. The highest BCUT2D eigenvalue weighted by Crippen LogP contribution is 2.18. The topological polar surface area (TPSA) is 61.4 Å². The van der Waals surface area contributed by atoms with Crippen LogP contribution in [-0.2, 0) is 6.42 Å². The summed E-state index contributed by atoms with van der Waals surface area (Å²) in [4.78, 5) is 11.3. The summed E-state index contributed by atoms with van der Waals surface area (Å²) in [5.74, 6) is 0.267. The zero-order valence-electron chi connectivity index (χ0n) is 9.07. The van der Waals surface area contributed by atoms with E-state index in [0.29, 0.717) is 12.6 Å². The molecule has 1 aliphatic carbocycles. The lowest BCUT2D eigenvalue weighted by Gasteiger charge is -2.06. The molecule has 1 aliphatic rings. The second-order valence-corrected chi connectivity index (χ2v) is 4.09. The molecule has 0 saturated heterocycles. The summed E-state index contributed by atoms with van der Waals surface area (Å²) >= 11 is 0. The van der Waals surface area contributed by atoms with Gasteiger partial charge in [-0.3, -0.25) is 0 Å². The van der Waals surface area contributed by atoms with E-state index < -0.39 is 0 Å². The first kappa shape index (κ1) is 10.8. The van der Waals surface area contributed by atoms with Gasteiger partial charge in [-0.05, 0) is 37.0 Å². The first-order valence-corrected chi connectivity index (χ1v) is 5.56. The molecule has 2 rings (SSSR count). The zero-order valence-corrected chi connectivity index (χ0v) is 9.07. The summed E-state index contributed by atoms with van der Waals surface area (Å²) in [5, 5.41) is 14.8. The summed E-state index contributed by atoms with van der Waals surface area (Å²) in [6.45, 7) is 0.614. The molecule has 0 spiro atoms. The smallest absolute Gasteiger partial charge is 0.315 e. The van der Waals surface area contributed by atoms with E-state index in [1.807, 2.05) is 12.1 Å². The molecule has 2 amide bonds. The van der Waals surface area contributed by atoms with Crippen molar-refractivity contribution < 1.29 is 9.90 Å². The van der Waals surface area contributed by atoms with Gasteiger partial charge in [-0.25, -0.2) is 4.79 Å². The molecular formula is C12H16N2O2. The van der Waals surface area contributed by atoms with E-state index in [0.717, 1.165) is 24.8 Å². The Morgan fingerprint density at radius 2 is 2.00 bits per heavy atom. The van der Waals surface area contributed by atoms with Crippen LogP contribution in [-0.4, -0.2) is 23.7 Å². The maximum atomic E-state index is 11.3. The number of carbonyl (C=O) groups excluding carboxylic acids is 1. The van der Waals surface area contributed by atoms with E-state index in [9.17, 15) is 4.79 Å². The van der Waals surface area contributed by atoms with Crippen molar-refractivity contribution in [3.8, 4) is 5.75 Å². The van der Waals surface area contributed by atoms with Crippen molar-refractivity contribution in [1.29, 1.82) is 0 Å². The summed E-state index contributed by atoms with van der Waals surface area (Å²) in [7, 11) is 0. The molecule has 0 bridgehead atoms. The van der Waals surface area contributed by atoms with Crippen LogP contribution in [0.15, 0.2) is 24.3 Å². The van der Waals surface area contributed by atoms with Crippen molar-refractivity contribution in [2.45, 2.75) is 25.3 Å². The number of hydrogen-bond acceptors (Lipinski definition) is 2. The van der Waals surface area contributed by atoms with Gasteiger partial charge in [-0.2, -0.15) is 0 Å². The maximum Gasteiger partial charge on any atom is 0.315 e. The Kier molecular flexibility index (Phi) is 3.29. The minimum Gasteiger partial charge on any atom is -0.508 e. The Bertz CT molecular complexity index is 358. The van der Waals surface area contributed by atoms with Gasteiger partial charge in [-0.1, -0.05) is 12.1 Å². The molecule has 0 aromatic heterocycles. The van der Waals surface area contributed by atoms with Gasteiger partial charge in [0.15, 0.2) is 0 Å². The van der Waals surface area contributed by atoms with Crippen LogP contribution in [0.1, 0.15) is 18.4 Å². The first-order valence-electron chi connectivity index (χ1n) is 5.56. The van der Waals surface area contributed by atoms with E-state index in [1.165, 1.54) is 0 Å². The largest absolute Gasteiger partial charge is 0.508 e. The van der Waals surface area contributed by atoms with Gasteiger partial charge in [0.05, 0.1) is 0 Å². The fourth-order valence-corrected chi connectivity index (χ4v) is 1.45. The number of phenols is 1. The molecule has 4 nitrogen and oxygen atoms in total. The molecule has 3 N–H and O–H groups in total. The highest BCUT2D eigenvalue weighted by molar-refractivity contribution is 5.74. The molecule has 0 heterocycles. The average molecular weight is 220 g/mol. The van der Waals surface area contributed by atoms with E-state index in [2.05, 4.69) is 10.6 Å². The third-order valence-electron chi connectivity index (χ3n) is 2.55. The van der Waals surface area contributed by atoms with Gasteiger partial charge in [0, 0.05) is 12.6 Å². The summed E-state index contributed by atoms with van der Waals surface area (Å²) in [6, 6.07) is 7.33. The molecule has 1 aromatic carbocycles. The van der Waals surface area contributed by atoms with Crippen molar-refractivity contribution in [2.75, 3.05) is 6.54 Å². The Hall–Kier alpha value is -1.71. The molecule has 86 valence electrons. The van der Waals surface area contributed by atoms with Crippen LogP contribution in [0.3, 0.4) is 0 Å². The van der Waals surface area contributed by atoms with Crippen LogP contribution in [0.25, 0.3) is 0 Å². The Balaban J connectivity index is 1.66. The number of aromatic hydroxyl groups is 1. The highest BCUT2D eigenvalue weighted by Gasteiger charge is 2.22. The van der Waals surface area contributed by atoms with Crippen LogP contribution in [0, 0.1) is 0 Å². The molecule has 1 fully saturated rings. The minimum atomic E-state index is -0.0821. The third-order valence-corrected chi connectivity index (χ3v) is 2.55. The van der Waals surface area contributed by atoms with Crippen molar-refractivity contribution in [3.63, 3.8) is 0 Å². The lowest BCUT2D eigenvalue weighted by Crippen LogP contribution is -2.37. The maximum absolute atomic E-state index is 11.3. The fourth-order valence-electron chi connectivity index (χ4n) is 1.45. The SMILES string of the molecule is O=C(NCCc1ccc(O)cc1)NC1CC1. The van der Waals surface area contributed by atoms with Crippen LogP contribution < -0.4 is 10.6 Å². The van der Waals surface area contributed by atoms with Crippen molar-refractivity contribution in [2.24, 2.45) is 0 Å². The summed E-state index contributed by atoms with van der Waals surface area (Å²) in [5.41, 5.74) is 1.10. The second-order valence-electron chi connectivity index (χ2n) is 4.09. The number of amides is 2. The van der Waals surface area contributed by atoms with Gasteiger partial charge in [0.1, 0.15) is 5.75 Å². The Morgan fingerprint density at radius 1 is 1.31 bits per heavy atom. The van der Waals surface area contributed by atoms with Gasteiger partial charge in [0.25, 0.3) is 0 Å². The number of urea groups is 1. The quantitative estimate of drug-likeness (QED) is 0.718. The van der Waals surface area contributed by atoms with Crippen LogP contribution >= 0.6 is 0 Å². The lowest BCUT2D eigenvalue weighted by molar-refractivity contribution is 0.240. The molecule has 0 atom stereocenters. The highest BCUT2D eigenvalue weighted by atomic mass is 16.3. The number of benzene rings is 1. The summed E-state index contributed by atoms with van der Waals surface area (Å²) in [6.07, 6.45) is 2.98.